The topological polar surface area (TPSA) is 68.9 Å². The van der Waals surface area contributed by atoms with Gasteiger partial charge in [-0.3, -0.25) is 9.78 Å². The number of nitrogens with two attached hydrogens (primary N) is 1. The van der Waals surface area contributed by atoms with Gasteiger partial charge in [0.2, 0.25) is 0 Å². The Morgan fingerprint density at radius 2 is 1.78 bits per heavy atom. The summed E-state index contributed by atoms with van der Waals surface area (Å²) in [4.78, 5) is 21.1. The Morgan fingerprint density at radius 1 is 1.03 bits per heavy atom. The molecule has 4 rings (SSSR count). The van der Waals surface area contributed by atoms with Gasteiger partial charge < -0.3 is 5.73 Å². The van der Waals surface area contributed by atoms with E-state index in [-0.39, 0.29) is 24.1 Å². The van der Waals surface area contributed by atoms with E-state index >= 15 is 0 Å². The largest absolute Gasteiger partial charge is 0.328 e. The van der Waals surface area contributed by atoms with Crippen LogP contribution in [0.15, 0.2) is 48.8 Å². The monoisotopic (exact) mass is 439 g/mol. The zero-order valence-corrected chi connectivity index (χ0v) is 17.7. The van der Waals surface area contributed by atoms with Crippen molar-refractivity contribution in [2.24, 2.45) is 11.7 Å². The summed E-state index contributed by atoms with van der Waals surface area (Å²) in [5.74, 6) is -2.43. The highest BCUT2D eigenvalue weighted by Gasteiger charge is 2.28. The number of nitrogens with zero attached hydrogens (tertiary/aromatic N) is 2. The predicted octanol–water partition coefficient (Wildman–Crippen LogP) is 5.22. The first kappa shape index (κ1) is 22.1. The Balaban J connectivity index is 1.65. The van der Waals surface area contributed by atoms with Gasteiger partial charge in [-0.05, 0) is 72.6 Å². The Morgan fingerprint density at radius 3 is 2.50 bits per heavy atom. The number of pyridine rings is 2. The quantitative estimate of drug-likeness (QED) is 0.554. The van der Waals surface area contributed by atoms with Crippen molar-refractivity contribution >= 4 is 5.78 Å². The van der Waals surface area contributed by atoms with Gasteiger partial charge in [0.1, 0.15) is 17.3 Å². The van der Waals surface area contributed by atoms with Crippen LogP contribution in [0.3, 0.4) is 0 Å². The van der Waals surface area contributed by atoms with Crippen molar-refractivity contribution in [3.05, 3.63) is 83.1 Å². The number of carbonyl (C=O) groups excluding carboxylic acids is 1. The number of halogens is 3. The van der Waals surface area contributed by atoms with Gasteiger partial charge >= 0.3 is 0 Å². The van der Waals surface area contributed by atoms with Crippen LogP contribution in [0.1, 0.15) is 53.7 Å². The molecule has 1 aliphatic carbocycles. The molecule has 0 unspecified atom stereocenters. The second-order valence-electron chi connectivity index (χ2n) is 8.57. The van der Waals surface area contributed by atoms with Crippen LogP contribution in [0.4, 0.5) is 13.2 Å². The molecule has 0 spiro atoms. The van der Waals surface area contributed by atoms with E-state index in [4.69, 9.17) is 5.73 Å². The number of aromatic nitrogens is 2. The maximum Gasteiger partial charge on any atom is 0.188 e. The fourth-order valence-corrected chi connectivity index (χ4v) is 4.67. The number of carbonyl (C=O) groups is 1. The van der Waals surface area contributed by atoms with Gasteiger partial charge in [-0.15, -0.1) is 0 Å². The third-order valence-corrected chi connectivity index (χ3v) is 6.04. The van der Waals surface area contributed by atoms with Crippen LogP contribution in [0.2, 0.25) is 0 Å². The molecular formula is C25H24F3N3O. The number of hydrogen-bond acceptors (Lipinski definition) is 4. The smallest absolute Gasteiger partial charge is 0.188 e. The van der Waals surface area contributed by atoms with E-state index in [1.807, 2.05) is 6.07 Å². The Hall–Kier alpha value is -3.06. The maximum atomic E-state index is 14.5. The fourth-order valence-electron chi connectivity index (χ4n) is 4.67. The molecule has 0 aliphatic heterocycles. The minimum Gasteiger partial charge on any atom is -0.328 e. The minimum absolute atomic E-state index is 0.0897. The molecule has 1 aromatic carbocycles. The molecule has 7 heteroatoms. The van der Waals surface area contributed by atoms with Crippen molar-refractivity contribution < 1.29 is 18.0 Å². The van der Waals surface area contributed by atoms with Gasteiger partial charge in [0.15, 0.2) is 11.6 Å². The summed E-state index contributed by atoms with van der Waals surface area (Å²) < 4.78 is 42.8. The van der Waals surface area contributed by atoms with Gasteiger partial charge in [-0.25, -0.2) is 18.2 Å². The third kappa shape index (κ3) is 4.58. The fraction of sp³-hybridized carbons (Fsp3) is 0.320. The Kier molecular flexibility index (Phi) is 6.37. The van der Waals surface area contributed by atoms with Crippen LogP contribution in [-0.4, -0.2) is 21.8 Å². The first-order valence-corrected chi connectivity index (χ1v) is 10.7. The molecule has 3 aromatic rings. The normalized spacial score (nSPS) is 20.8. The summed E-state index contributed by atoms with van der Waals surface area (Å²) in [5, 5.41) is 0. The molecule has 1 saturated carbocycles. The second kappa shape index (κ2) is 9.20. The molecule has 2 N–H and O–H groups in total. The lowest BCUT2D eigenvalue weighted by Gasteiger charge is -2.32. The highest BCUT2D eigenvalue weighted by molar-refractivity contribution is 5.96. The molecule has 0 amide bonds. The van der Waals surface area contributed by atoms with Gasteiger partial charge in [-0.1, -0.05) is 13.0 Å². The number of hydrogen-bond donors (Lipinski definition) is 1. The van der Waals surface area contributed by atoms with Crippen molar-refractivity contribution in [3.63, 3.8) is 0 Å². The molecule has 2 aromatic heterocycles. The van der Waals surface area contributed by atoms with Crippen LogP contribution in [0, 0.1) is 23.4 Å². The molecule has 2 heterocycles. The summed E-state index contributed by atoms with van der Waals surface area (Å²) in [6, 6.07) is 7.54. The van der Waals surface area contributed by atoms with Crippen LogP contribution in [0.25, 0.3) is 11.3 Å². The van der Waals surface area contributed by atoms with Crippen molar-refractivity contribution in [2.75, 3.05) is 0 Å². The standard InChI is InChI=1S/C25H24F3N3O/c1-14-9-15(11-17(29)10-14)18-7-8-30-13-16(18)12-23(32)25-21(28)5-6-22(31-25)24-19(26)3-2-4-20(24)27/h2-8,13-15,17H,9-12,29H2,1H3/t14-,15+,17-/m0/s1. The molecule has 1 aliphatic rings. The van der Waals surface area contributed by atoms with E-state index < -0.39 is 34.5 Å². The van der Waals surface area contributed by atoms with E-state index in [2.05, 4.69) is 16.9 Å². The molecule has 166 valence electrons. The first-order chi connectivity index (χ1) is 15.3. The molecule has 4 nitrogen and oxygen atoms in total. The third-order valence-electron chi connectivity index (χ3n) is 6.04. The number of benzene rings is 1. The lowest BCUT2D eigenvalue weighted by molar-refractivity contribution is 0.0983. The summed E-state index contributed by atoms with van der Waals surface area (Å²) in [5.41, 5.74) is 6.89. The average molecular weight is 439 g/mol. The average Bonchev–Trinajstić information content (AvgIpc) is 2.74. The van der Waals surface area contributed by atoms with Crippen LogP contribution >= 0.6 is 0 Å². The van der Waals surface area contributed by atoms with E-state index in [1.165, 1.54) is 6.07 Å². The van der Waals surface area contributed by atoms with E-state index in [9.17, 15) is 18.0 Å². The van der Waals surface area contributed by atoms with E-state index in [0.29, 0.717) is 11.5 Å². The Labute approximate surface area is 184 Å². The van der Waals surface area contributed by atoms with Gasteiger partial charge in [0.25, 0.3) is 0 Å². The molecule has 32 heavy (non-hydrogen) atoms. The van der Waals surface area contributed by atoms with Crippen LogP contribution in [0.5, 0.6) is 0 Å². The zero-order chi connectivity index (χ0) is 22.8. The lowest BCUT2D eigenvalue weighted by Crippen LogP contribution is -2.31. The summed E-state index contributed by atoms with van der Waals surface area (Å²) in [6.07, 6.45) is 5.89. The molecular weight excluding hydrogens is 415 g/mol. The maximum absolute atomic E-state index is 14.5. The Bertz CT molecular complexity index is 1120. The highest BCUT2D eigenvalue weighted by atomic mass is 19.1. The predicted molar refractivity (Wildman–Crippen MR) is 116 cm³/mol. The van der Waals surface area contributed by atoms with Crippen molar-refractivity contribution in [1.82, 2.24) is 9.97 Å². The lowest BCUT2D eigenvalue weighted by atomic mass is 9.75. The van der Waals surface area contributed by atoms with Crippen molar-refractivity contribution in [1.29, 1.82) is 0 Å². The number of rotatable bonds is 5. The number of Topliss-reactive ketones (excluding diaryl/α,β-unsaturated/α-hetero) is 1. The summed E-state index contributed by atoms with van der Waals surface area (Å²) in [6.45, 7) is 2.16. The summed E-state index contributed by atoms with van der Waals surface area (Å²) in [7, 11) is 0. The summed E-state index contributed by atoms with van der Waals surface area (Å²) >= 11 is 0. The first-order valence-electron chi connectivity index (χ1n) is 10.7. The molecule has 0 saturated heterocycles. The minimum atomic E-state index is -0.839. The zero-order valence-electron chi connectivity index (χ0n) is 17.7. The SMILES string of the molecule is C[C@@H]1C[C@H](N)C[C@H](c2ccncc2CC(=O)c2nc(-c3c(F)cccc3F)ccc2F)C1. The molecule has 0 bridgehead atoms. The number of ketones is 1. The second-order valence-corrected chi connectivity index (χ2v) is 8.57. The van der Waals surface area contributed by atoms with Gasteiger partial charge in [0.05, 0.1) is 11.3 Å². The van der Waals surface area contributed by atoms with Crippen molar-refractivity contribution in [2.45, 2.75) is 44.6 Å². The molecule has 3 atom stereocenters. The molecule has 0 radical (unpaired) electrons. The van der Waals surface area contributed by atoms with Gasteiger partial charge in [-0.2, -0.15) is 0 Å². The van der Waals surface area contributed by atoms with Gasteiger partial charge in [0, 0.05) is 24.9 Å². The van der Waals surface area contributed by atoms with E-state index in [1.54, 1.807) is 12.4 Å². The highest BCUT2D eigenvalue weighted by Crippen LogP contribution is 2.37. The van der Waals surface area contributed by atoms with Crippen LogP contribution in [-0.2, 0) is 6.42 Å². The van der Waals surface area contributed by atoms with Crippen molar-refractivity contribution in [3.8, 4) is 11.3 Å². The molecule has 1 fully saturated rings. The van der Waals surface area contributed by atoms with Crippen LogP contribution < -0.4 is 5.73 Å². The van der Waals surface area contributed by atoms with E-state index in [0.717, 1.165) is 49.1 Å².